The summed E-state index contributed by atoms with van der Waals surface area (Å²) in [5, 5.41) is 17.4. The Morgan fingerprint density at radius 3 is 1.30 bits per heavy atom. The predicted molar refractivity (Wildman–Crippen MR) is 180 cm³/mol. The summed E-state index contributed by atoms with van der Waals surface area (Å²) in [4.78, 5) is 0. The minimum absolute atomic E-state index is 0.254. The Balaban J connectivity index is 1.17. The first kappa shape index (κ1) is 30.5. The standard InChI is InChI=1S/C40H38O6/c1-42-40-39(45-26-29-16-19-32-10-4-7-13-35(32)22-29)38(44-25-28-15-18-31-9-3-6-12-34(31)21-28)37(36(23-41)46-40)43-24-27-14-17-30-8-2-5-11-33(30)20-27/h2-22,36-41H,23-26H2,1H3/t36-,37-,38+,39-,40+/m1/s1. The van der Waals surface area contributed by atoms with Crippen molar-refractivity contribution in [2.75, 3.05) is 13.7 Å². The van der Waals surface area contributed by atoms with E-state index in [1.807, 2.05) is 36.4 Å². The fourth-order valence-corrected chi connectivity index (χ4v) is 6.35. The van der Waals surface area contributed by atoms with E-state index in [1.54, 1.807) is 7.11 Å². The number of hydrogen-bond donors (Lipinski definition) is 1. The van der Waals surface area contributed by atoms with Gasteiger partial charge < -0.3 is 28.8 Å². The number of methoxy groups -OCH3 is 1. The summed E-state index contributed by atoms with van der Waals surface area (Å²) in [6, 6.07) is 43.7. The summed E-state index contributed by atoms with van der Waals surface area (Å²) in [6.45, 7) is 0.723. The molecule has 0 spiro atoms. The van der Waals surface area contributed by atoms with E-state index in [-0.39, 0.29) is 6.61 Å². The zero-order chi connectivity index (χ0) is 31.3. The molecule has 1 heterocycles. The average Bonchev–Trinajstić information content (AvgIpc) is 3.11. The van der Waals surface area contributed by atoms with Crippen LogP contribution in [0.25, 0.3) is 32.3 Å². The average molecular weight is 615 g/mol. The van der Waals surface area contributed by atoms with Gasteiger partial charge in [-0.3, -0.25) is 0 Å². The first-order valence-corrected chi connectivity index (χ1v) is 15.8. The summed E-state index contributed by atoms with van der Waals surface area (Å²) in [6.07, 6.45) is -3.28. The van der Waals surface area contributed by atoms with Crippen LogP contribution < -0.4 is 0 Å². The van der Waals surface area contributed by atoms with Gasteiger partial charge in [0.25, 0.3) is 0 Å². The zero-order valence-electron chi connectivity index (χ0n) is 25.8. The molecule has 1 aliphatic rings. The van der Waals surface area contributed by atoms with Gasteiger partial charge in [0.2, 0.25) is 0 Å². The third kappa shape index (κ3) is 6.69. The predicted octanol–water partition coefficient (Wildman–Crippen LogP) is 7.57. The summed E-state index contributed by atoms with van der Waals surface area (Å²) >= 11 is 0. The molecule has 6 aromatic carbocycles. The van der Waals surface area contributed by atoms with Gasteiger partial charge in [0.15, 0.2) is 6.29 Å². The van der Waals surface area contributed by atoms with E-state index >= 15 is 0 Å². The van der Waals surface area contributed by atoms with Gasteiger partial charge in [0, 0.05) is 7.11 Å². The van der Waals surface area contributed by atoms with Crippen molar-refractivity contribution in [2.24, 2.45) is 0 Å². The van der Waals surface area contributed by atoms with Gasteiger partial charge in [0.05, 0.1) is 26.4 Å². The number of fused-ring (bicyclic) bond motifs is 3. The fourth-order valence-electron chi connectivity index (χ4n) is 6.35. The van der Waals surface area contributed by atoms with Crippen LogP contribution in [0.3, 0.4) is 0 Å². The van der Waals surface area contributed by atoms with Crippen molar-refractivity contribution < 1.29 is 28.8 Å². The topological polar surface area (TPSA) is 66.4 Å². The molecule has 234 valence electrons. The monoisotopic (exact) mass is 614 g/mol. The second kappa shape index (κ2) is 14.1. The molecule has 0 radical (unpaired) electrons. The lowest BCUT2D eigenvalue weighted by atomic mass is 9.97. The zero-order valence-corrected chi connectivity index (χ0v) is 25.8. The maximum atomic E-state index is 10.5. The van der Waals surface area contributed by atoms with E-state index in [0.29, 0.717) is 19.8 Å². The Labute approximate surface area is 269 Å². The SMILES string of the molecule is CO[C@H]1O[C@H](CO)[C@@H](OCc2ccc3ccccc3c2)[C@H](OCc2ccc3ccccc3c2)[C@H]1OCc1ccc2ccccc2c1. The molecule has 0 saturated carbocycles. The Kier molecular flexibility index (Phi) is 9.35. The molecule has 1 fully saturated rings. The van der Waals surface area contributed by atoms with Crippen LogP contribution in [0.4, 0.5) is 0 Å². The molecule has 6 heteroatoms. The Morgan fingerprint density at radius 2 is 0.891 bits per heavy atom. The largest absolute Gasteiger partial charge is 0.394 e. The Bertz CT molecular complexity index is 1820. The lowest BCUT2D eigenvalue weighted by molar-refractivity contribution is -0.321. The summed E-state index contributed by atoms with van der Waals surface area (Å²) < 4.78 is 31.9. The molecule has 0 amide bonds. The molecule has 5 atom stereocenters. The van der Waals surface area contributed by atoms with E-state index in [2.05, 4.69) is 91.0 Å². The van der Waals surface area contributed by atoms with Crippen molar-refractivity contribution in [3.8, 4) is 0 Å². The minimum Gasteiger partial charge on any atom is -0.394 e. The van der Waals surface area contributed by atoms with E-state index in [4.69, 9.17) is 23.7 Å². The maximum Gasteiger partial charge on any atom is 0.186 e. The molecular formula is C40H38O6. The maximum absolute atomic E-state index is 10.5. The molecule has 0 aliphatic carbocycles. The molecule has 0 aromatic heterocycles. The van der Waals surface area contributed by atoms with Crippen LogP contribution in [0, 0.1) is 0 Å². The van der Waals surface area contributed by atoms with Gasteiger partial charge in [-0.2, -0.15) is 0 Å². The van der Waals surface area contributed by atoms with Crippen molar-refractivity contribution in [2.45, 2.75) is 50.5 Å². The molecule has 0 unspecified atom stereocenters. The molecule has 1 saturated heterocycles. The van der Waals surface area contributed by atoms with Crippen LogP contribution in [-0.2, 0) is 43.5 Å². The fraction of sp³-hybridized carbons (Fsp3) is 0.250. The minimum atomic E-state index is -0.764. The lowest BCUT2D eigenvalue weighted by Gasteiger charge is -2.45. The molecule has 6 nitrogen and oxygen atoms in total. The number of aliphatic hydroxyl groups is 1. The van der Waals surface area contributed by atoms with Crippen LogP contribution in [0.15, 0.2) is 127 Å². The number of aliphatic hydroxyl groups excluding tert-OH is 1. The van der Waals surface area contributed by atoms with Crippen molar-refractivity contribution in [1.82, 2.24) is 0 Å². The normalized spacial score (nSPS) is 21.7. The van der Waals surface area contributed by atoms with Crippen LogP contribution in [-0.4, -0.2) is 49.5 Å². The summed E-state index contributed by atoms with van der Waals surface area (Å²) in [5.41, 5.74) is 3.08. The Hall–Kier alpha value is -4.14. The quantitative estimate of drug-likeness (QED) is 0.162. The van der Waals surface area contributed by atoms with Crippen LogP contribution in [0.1, 0.15) is 16.7 Å². The second-order valence-electron chi connectivity index (χ2n) is 11.8. The van der Waals surface area contributed by atoms with Gasteiger partial charge in [0.1, 0.15) is 24.4 Å². The van der Waals surface area contributed by atoms with Crippen molar-refractivity contribution in [1.29, 1.82) is 0 Å². The van der Waals surface area contributed by atoms with Crippen molar-refractivity contribution >= 4 is 32.3 Å². The molecule has 1 N–H and O–H groups in total. The lowest BCUT2D eigenvalue weighted by Crippen LogP contribution is -2.61. The van der Waals surface area contributed by atoms with E-state index in [1.165, 1.54) is 16.2 Å². The highest BCUT2D eigenvalue weighted by molar-refractivity contribution is 5.84. The second-order valence-corrected chi connectivity index (χ2v) is 11.8. The molecule has 1 aliphatic heterocycles. The number of hydrogen-bond acceptors (Lipinski definition) is 6. The highest BCUT2D eigenvalue weighted by Gasteiger charge is 2.48. The first-order valence-electron chi connectivity index (χ1n) is 15.8. The molecule has 7 rings (SSSR count). The number of benzene rings is 6. The number of rotatable bonds is 11. The third-order valence-corrected chi connectivity index (χ3v) is 8.77. The molecule has 6 aromatic rings. The van der Waals surface area contributed by atoms with Crippen LogP contribution in [0.5, 0.6) is 0 Å². The van der Waals surface area contributed by atoms with Crippen molar-refractivity contribution in [3.63, 3.8) is 0 Å². The highest BCUT2D eigenvalue weighted by Crippen LogP contribution is 2.31. The summed E-state index contributed by atoms with van der Waals surface area (Å²) in [5.74, 6) is 0. The van der Waals surface area contributed by atoms with Gasteiger partial charge in [-0.15, -0.1) is 0 Å². The highest BCUT2D eigenvalue weighted by atomic mass is 16.7. The summed E-state index contributed by atoms with van der Waals surface area (Å²) in [7, 11) is 1.59. The third-order valence-electron chi connectivity index (χ3n) is 8.77. The van der Waals surface area contributed by atoms with Gasteiger partial charge in [-0.1, -0.05) is 109 Å². The van der Waals surface area contributed by atoms with E-state index in [0.717, 1.165) is 32.8 Å². The molecular weight excluding hydrogens is 576 g/mol. The molecule has 0 bridgehead atoms. The van der Waals surface area contributed by atoms with Crippen LogP contribution in [0.2, 0.25) is 0 Å². The van der Waals surface area contributed by atoms with Crippen LogP contribution >= 0.6 is 0 Å². The van der Waals surface area contributed by atoms with E-state index < -0.39 is 30.7 Å². The van der Waals surface area contributed by atoms with E-state index in [9.17, 15) is 5.11 Å². The molecule has 46 heavy (non-hydrogen) atoms. The van der Waals surface area contributed by atoms with Gasteiger partial charge >= 0.3 is 0 Å². The smallest absolute Gasteiger partial charge is 0.186 e. The Morgan fingerprint density at radius 1 is 0.500 bits per heavy atom. The van der Waals surface area contributed by atoms with Crippen molar-refractivity contribution in [3.05, 3.63) is 144 Å². The van der Waals surface area contributed by atoms with Gasteiger partial charge in [-0.05, 0) is 67.2 Å². The number of ether oxygens (including phenoxy) is 5. The van der Waals surface area contributed by atoms with Gasteiger partial charge in [-0.25, -0.2) is 0 Å². The first-order chi connectivity index (χ1) is 22.7.